The third-order valence-electron chi connectivity index (χ3n) is 9.19. The molecule has 0 fully saturated rings. The minimum absolute atomic E-state index is 0.861. The Kier molecular flexibility index (Phi) is 7.14. The second kappa shape index (κ2) is 12.2. The van der Waals surface area contributed by atoms with Gasteiger partial charge in [-0.25, -0.2) is 0 Å². The van der Waals surface area contributed by atoms with E-state index in [1.165, 1.54) is 5.56 Å². The summed E-state index contributed by atoms with van der Waals surface area (Å²) in [6.07, 6.45) is 0. The summed E-state index contributed by atoms with van der Waals surface area (Å²) in [5.74, 6) is 1.72. The molecular formula is C46H32N2O. The fourth-order valence-corrected chi connectivity index (χ4v) is 7.04. The summed E-state index contributed by atoms with van der Waals surface area (Å²) in [6, 6.07) is 68.3. The van der Waals surface area contributed by atoms with Gasteiger partial charge in [0.25, 0.3) is 0 Å². The van der Waals surface area contributed by atoms with E-state index in [1.807, 2.05) is 0 Å². The van der Waals surface area contributed by atoms with Crippen molar-refractivity contribution in [2.75, 3.05) is 9.80 Å². The van der Waals surface area contributed by atoms with Gasteiger partial charge in [-0.05, 0) is 94.9 Å². The molecule has 3 nitrogen and oxygen atoms in total. The average Bonchev–Trinajstić information content (AvgIpc) is 3.17. The van der Waals surface area contributed by atoms with E-state index in [0.29, 0.717) is 0 Å². The number of anilines is 6. The Morgan fingerprint density at radius 3 is 1.35 bits per heavy atom. The Labute approximate surface area is 286 Å². The van der Waals surface area contributed by atoms with Crippen molar-refractivity contribution in [1.82, 2.24) is 0 Å². The lowest BCUT2D eigenvalue weighted by Crippen LogP contribution is -2.10. The summed E-state index contributed by atoms with van der Waals surface area (Å²) in [6.45, 7) is 0. The van der Waals surface area contributed by atoms with Crippen LogP contribution >= 0.6 is 0 Å². The topological polar surface area (TPSA) is 15.7 Å². The maximum Gasteiger partial charge on any atom is 0.138 e. The molecule has 0 unspecified atom stereocenters. The van der Waals surface area contributed by atoms with Crippen molar-refractivity contribution in [2.24, 2.45) is 0 Å². The summed E-state index contributed by atoms with van der Waals surface area (Å²) >= 11 is 0. The van der Waals surface area contributed by atoms with Gasteiger partial charge < -0.3 is 14.5 Å². The van der Waals surface area contributed by atoms with Crippen LogP contribution in [-0.4, -0.2) is 0 Å². The Morgan fingerprint density at radius 2 is 0.796 bits per heavy atom. The molecule has 9 rings (SSSR count). The fourth-order valence-electron chi connectivity index (χ4n) is 7.04. The molecule has 0 saturated heterocycles. The highest BCUT2D eigenvalue weighted by Gasteiger charge is 2.25. The first-order valence-corrected chi connectivity index (χ1v) is 16.6. The van der Waals surface area contributed by atoms with Gasteiger partial charge in [0, 0.05) is 45.5 Å². The molecule has 0 aromatic heterocycles. The highest BCUT2D eigenvalue weighted by atomic mass is 16.5. The second-order valence-corrected chi connectivity index (χ2v) is 12.2. The molecule has 8 aromatic rings. The molecule has 3 heteroatoms. The van der Waals surface area contributed by atoms with Crippen molar-refractivity contribution >= 4 is 44.9 Å². The molecule has 1 aliphatic rings. The van der Waals surface area contributed by atoms with Crippen LogP contribution in [0.15, 0.2) is 194 Å². The minimum atomic E-state index is 0.861. The largest absolute Gasteiger partial charge is 0.456 e. The third kappa shape index (κ3) is 5.18. The highest BCUT2D eigenvalue weighted by molar-refractivity contribution is 6.09. The molecule has 8 aromatic carbocycles. The highest BCUT2D eigenvalue weighted by Crippen LogP contribution is 2.52. The Bertz CT molecular complexity index is 2310. The van der Waals surface area contributed by atoms with Gasteiger partial charge in [0.1, 0.15) is 11.5 Å². The normalized spacial score (nSPS) is 11.4. The molecule has 0 aliphatic carbocycles. The van der Waals surface area contributed by atoms with Gasteiger partial charge in [-0.2, -0.15) is 0 Å². The van der Waals surface area contributed by atoms with Crippen LogP contribution in [0.2, 0.25) is 0 Å². The number of hydrogen-bond acceptors (Lipinski definition) is 3. The first kappa shape index (κ1) is 28.6. The van der Waals surface area contributed by atoms with E-state index in [9.17, 15) is 0 Å². The van der Waals surface area contributed by atoms with E-state index in [4.69, 9.17) is 4.74 Å². The number of nitrogens with zero attached hydrogens (tertiary/aromatic N) is 2. The van der Waals surface area contributed by atoms with Gasteiger partial charge >= 0.3 is 0 Å². The molecule has 1 aliphatic heterocycles. The minimum Gasteiger partial charge on any atom is -0.456 e. The van der Waals surface area contributed by atoms with E-state index in [2.05, 4.69) is 204 Å². The molecule has 232 valence electrons. The van der Waals surface area contributed by atoms with Crippen LogP contribution in [0.1, 0.15) is 0 Å². The van der Waals surface area contributed by atoms with E-state index in [-0.39, 0.29) is 0 Å². The molecule has 0 saturated carbocycles. The number of benzene rings is 8. The van der Waals surface area contributed by atoms with E-state index in [0.717, 1.165) is 73.1 Å². The van der Waals surface area contributed by atoms with Crippen molar-refractivity contribution in [3.63, 3.8) is 0 Å². The number of rotatable bonds is 7. The number of hydrogen-bond donors (Lipinski definition) is 0. The zero-order valence-corrected chi connectivity index (χ0v) is 26.8. The standard InChI is InChI=1S/C46H32N2O/c1-5-16-35(17-6-1)47(36-18-7-2-8-19-36)39-29-27-33(28-30-39)41-24-14-26-43-46(41)42-25-13-15-34-31-40(32-44(49-43)45(34)42)48(37-20-9-3-10-21-37)38-22-11-4-12-23-38/h1-32H. The van der Waals surface area contributed by atoms with Crippen LogP contribution in [0.4, 0.5) is 34.1 Å². The first-order chi connectivity index (χ1) is 24.3. The monoisotopic (exact) mass is 628 g/mol. The van der Waals surface area contributed by atoms with Gasteiger partial charge in [-0.1, -0.05) is 115 Å². The van der Waals surface area contributed by atoms with Gasteiger partial charge in [-0.3, -0.25) is 0 Å². The molecule has 0 bridgehead atoms. The molecular weight excluding hydrogens is 597 g/mol. The van der Waals surface area contributed by atoms with Crippen LogP contribution in [0, 0.1) is 0 Å². The number of para-hydroxylation sites is 4. The van der Waals surface area contributed by atoms with Gasteiger partial charge in [0.05, 0.1) is 5.69 Å². The fraction of sp³-hybridized carbons (Fsp3) is 0. The van der Waals surface area contributed by atoms with Gasteiger partial charge in [0.2, 0.25) is 0 Å². The summed E-state index contributed by atoms with van der Waals surface area (Å²) in [5, 5.41) is 2.27. The van der Waals surface area contributed by atoms with Crippen LogP contribution in [0.25, 0.3) is 33.0 Å². The summed E-state index contributed by atoms with van der Waals surface area (Å²) < 4.78 is 6.82. The Morgan fingerprint density at radius 1 is 0.327 bits per heavy atom. The zero-order chi connectivity index (χ0) is 32.6. The second-order valence-electron chi connectivity index (χ2n) is 12.2. The van der Waals surface area contributed by atoms with Gasteiger partial charge in [0.15, 0.2) is 0 Å². The summed E-state index contributed by atoms with van der Waals surface area (Å²) in [7, 11) is 0. The summed E-state index contributed by atoms with van der Waals surface area (Å²) in [4.78, 5) is 4.57. The lowest BCUT2D eigenvalue weighted by Gasteiger charge is -2.29. The lowest BCUT2D eigenvalue weighted by molar-refractivity contribution is 0.487. The quantitative estimate of drug-likeness (QED) is 0.175. The first-order valence-electron chi connectivity index (χ1n) is 16.6. The van der Waals surface area contributed by atoms with Crippen molar-refractivity contribution in [3.8, 4) is 33.8 Å². The maximum atomic E-state index is 6.82. The van der Waals surface area contributed by atoms with Crippen LogP contribution in [-0.2, 0) is 0 Å². The maximum absolute atomic E-state index is 6.82. The molecule has 1 heterocycles. The predicted molar refractivity (Wildman–Crippen MR) is 204 cm³/mol. The molecule has 0 atom stereocenters. The average molecular weight is 629 g/mol. The van der Waals surface area contributed by atoms with Crippen LogP contribution < -0.4 is 14.5 Å². The van der Waals surface area contributed by atoms with Gasteiger partial charge in [-0.15, -0.1) is 0 Å². The third-order valence-corrected chi connectivity index (χ3v) is 9.19. The van der Waals surface area contributed by atoms with E-state index < -0.39 is 0 Å². The van der Waals surface area contributed by atoms with E-state index >= 15 is 0 Å². The molecule has 49 heavy (non-hydrogen) atoms. The zero-order valence-electron chi connectivity index (χ0n) is 26.8. The van der Waals surface area contributed by atoms with E-state index in [1.54, 1.807) is 0 Å². The summed E-state index contributed by atoms with van der Waals surface area (Å²) in [5.41, 5.74) is 11.2. The smallest absolute Gasteiger partial charge is 0.138 e. The molecule has 0 amide bonds. The molecule has 0 N–H and O–H groups in total. The van der Waals surface area contributed by atoms with Crippen molar-refractivity contribution < 1.29 is 4.74 Å². The van der Waals surface area contributed by atoms with Crippen molar-refractivity contribution in [1.29, 1.82) is 0 Å². The molecule has 0 spiro atoms. The van der Waals surface area contributed by atoms with Crippen LogP contribution in [0.3, 0.4) is 0 Å². The lowest BCUT2D eigenvalue weighted by atomic mass is 9.88. The Balaban J connectivity index is 1.14. The van der Waals surface area contributed by atoms with Crippen molar-refractivity contribution in [3.05, 3.63) is 194 Å². The Hall–Kier alpha value is -6.58. The van der Waals surface area contributed by atoms with Crippen LogP contribution in [0.5, 0.6) is 11.5 Å². The number of fused-ring (bicyclic) bond motifs is 2. The SMILES string of the molecule is c1ccc(N(c2ccccc2)c2ccc(-c3cccc4c3-c3cccc5cc(N(c6ccccc6)c6ccccc6)cc(c35)O4)cc2)cc1. The van der Waals surface area contributed by atoms with Crippen molar-refractivity contribution in [2.45, 2.75) is 0 Å². The predicted octanol–water partition coefficient (Wildman–Crippen LogP) is 13.2. The number of ether oxygens (including phenoxy) is 1. The molecule has 0 radical (unpaired) electrons.